The molecule has 0 saturated heterocycles. The molecule has 0 saturated carbocycles. The maximum absolute atomic E-state index is 13.2. The van der Waals surface area contributed by atoms with Crippen molar-refractivity contribution in [3.05, 3.63) is 51.7 Å². The smallest absolute Gasteiger partial charge is 0.249 e. The van der Waals surface area contributed by atoms with Crippen molar-refractivity contribution in [3.63, 3.8) is 0 Å². The van der Waals surface area contributed by atoms with Gasteiger partial charge >= 0.3 is 0 Å². The van der Waals surface area contributed by atoms with E-state index in [1.807, 2.05) is 43.0 Å². The van der Waals surface area contributed by atoms with Crippen molar-refractivity contribution >= 4 is 23.2 Å². The largest absolute Gasteiger partial charge is 0.491 e. The van der Waals surface area contributed by atoms with E-state index in [9.17, 15) is 9.59 Å². The number of ether oxygens (including phenoxy) is 2. The summed E-state index contributed by atoms with van der Waals surface area (Å²) in [5, 5.41) is 2.07. The third-order valence-corrected chi connectivity index (χ3v) is 6.28. The summed E-state index contributed by atoms with van der Waals surface area (Å²) < 4.78 is 11.0. The number of amides is 2. The highest BCUT2D eigenvalue weighted by Crippen LogP contribution is 2.34. The van der Waals surface area contributed by atoms with E-state index < -0.39 is 0 Å². The van der Waals surface area contributed by atoms with Gasteiger partial charge in [-0.25, -0.2) is 0 Å². The number of methoxy groups -OCH3 is 1. The SMILES string of the molecule is CCCN(CC(=O)N1CCc2sccc2[C@@H]1COc1ccc(C)cc1)C(=O)COC. The summed E-state index contributed by atoms with van der Waals surface area (Å²) in [5.41, 5.74) is 2.32. The van der Waals surface area contributed by atoms with E-state index in [1.54, 1.807) is 16.2 Å². The molecule has 1 aliphatic rings. The Balaban J connectivity index is 1.74. The topological polar surface area (TPSA) is 59.1 Å². The number of rotatable bonds is 9. The predicted molar refractivity (Wildman–Crippen MR) is 118 cm³/mol. The lowest BCUT2D eigenvalue weighted by Crippen LogP contribution is -2.48. The van der Waals surface area contributed by atoms with Crippen LogP contribution in [0.3, 0.4) is 0 Å². The van der Waals surface area contributed by atoms with Crippen molar-refractivity contribution < 1.29 is 19.1 Å². The fourth-order valence-corrected chi connectivity index (χ4v) is 4.64. The lowest BCUT2D eigenvalue weighted by Gasteiger charge is -2.37. The molecule has 0 radical (unpaired) electrons. The average Bonchev–Trinajstić information content (AvgIpc) is 3.22. The van der Waals surface area contributed by atoms with Crippen LogP contribution in [0.2, 0.25) is 0 Å². The summed E-state index contributed by atoms with van der Waals surface area (Å²) >= 11 is 1.73. The van der Waals surface area contributed by atoms with E-state index in [0.29, 0.717) is 19.7 Å². The van der Waals surface area contributed by atoms with E-state index in [4.69, 9.17) is 9.47 Å². The molecule has 3 rings (SSSR count). The molecule has 6 nitrogen and oxygen atoms in total. The van der Waals surface area contributed by atoms with Crippen molar-refractivity contribution in [1.29, 1.82) is 0 Å². The third-order valence-electron chi connectivity index (χ3n) is 5.28. The quantitative estimate of drug-likeness (QED) is 0.611. The van der Waals surface area contributed by atoms with Gasteiger partial charge in [-0.2, -0.15) is 0 Å². The molecule has 0 aliphatic carbocycles. The van der Waals surface area contributed by atoms with Crippen molar-refractivity contribution in [2.45, 2.75) is 32.7 Å². The van der Waals surface area contributed by atoms with Crippen molar-refractivity contribution in [2.75, 3.05) is 40.0 Å². The Morgan fingerprint density at radius 2 is 2.00 bits per heavy atom. The minimum Gasteiger partial charge on any atom is -0.491 e. The van der Waals surface area contributed by atoms with Gasteiger partial charge in [-0.1, -0.05) is 24.6 Å². The molecule has 1 atom stereocenters. The second kappa shape index (κ2) is 10.6. The molecule has 7 heteroatoms. The van der Waals surface area contributed by atoms with E-state index in [0.717, 1.165) is 24.2 Å². The van der Waals surface area contributed by atoms with Gasteiger partial charge in [0.2, 0.25) is 11.8 Å². The van der Waals surface area contributed by atoms with Crippen LogP contribution >= 0.6 is 11.3 Å². The highest BCUT2D eigenvalue weighted by atomic mass is 32.1. The first-order chi connectivity index (χ1) is 14.5. The molecule has 2 aromatic rings. The molecule has 1 aromatic carbocycles. The summed E-state index contributed by atoms with van der Waals surface area (Å²) in [6.07, 6.45) is 1.62. The van der Waals surface area contributed by atoms with Gasteiger partial charge in [-0.15, -0.1) is 11.3 Å². The average molecular weight is 431 g/mol. The van der Waals surface area contributed by atoms with Crippen LogP contribution in [-0.2, 0) is 20.7 Å². The lowest BCUT2D eigenvalue weighted by atomic mass is 10.0. The van der Waals surface area contributed by atoms with Crippen LogP contribution in [-0.4, -0.2) is 61.6 Å². The van der Waals surface area contributed by atoms with E-state index >= 15 is 0 Å². The zero-order valence-electron chi connectivity index (χ0n) is 17.9. The summed E-state index contributed by atoms with van der Waals surface area (Å²) in [6, 6.07) is 9.85. The van der Waals surface area contributed by atoms with Crippen molar-refractivity contribution in [1.82, 2.24) is 9.80 Å². The molecule has 2 heterocycles. The minimum absolute atomic E-state index is 0.0120. The predicted octanol–water partition coefficient (Wildman–Crippen LogP) is 3.45. The van der Waals surface area contributed by atoms with Crippen LogP contribution in [0.5, 0.6) is 5.75 Å². The first kappa shape index (κ1) is 22.3. The number of thiophene rings is 1. The van der Waals surface area contributed by atoms with Crippen LogP contribution in [0, 0.1) is 6.92 Å². The fourth-order valence-electron chi connectivity index (χ4n) is 3.71. The van der Waals surface area contributed by atoms with Crippen LogP contribution < -0.4 is 4.74 Å². The van der Waals surface area contributed by atoms with Crippen molar-refractivity contribution in [3.8, 4) is 5.75 Å². The molecule has 2 amide bonds. The lowest BCUT2D eigenvalue weighted by molar-refractivity contribution is -0.144. The van der Waals surface area contributed by atoms with Crippen LogP contribution in [0.1, 0.15) is 35.4 Å². The van der Waals surface area contributed by atoms with Gasteiger partial charge in [0.1, 0.15) is 19.0 Å². The Kier molecular flexibility index (Phi) is 7.87. The first-order valence-electron chi connectivity index (χ1n) is 10.3. The molecule has 0 unspecified atom stereocenters. The Morgan fingerprint density at radius 1 is 1.23 bits per heavy atom. The fraction of sp³-hybridized carbons (Fsp3) is 0.478. The molecule has 30 heavy (non-hydrogen) atoms. The van der Waals surface area contributed by atoms with Gasteiger partial charge in [0.25, 0.3) is 0 Å². The Labute approximate surface area is 182 Å². The number of carbonyl (C=O) groups is 2. The van der Waals surface area contributed by atoms with E-state index in [-0.39, 0.29) is 31.0 Å². The van der Waals surface area contributed by atoms with Crippen LogP contribution in [0.4, 0.5) is 0 Å². The number of hydrogen-bond acceptors (Lipinski definition) is 5. The van der Waals surface area contributed by atoms with Gasteiger partial charge in [0.05, 0.1) is 12.6 Å². The Bertz CT molecular complexity index is 849. The number of carbonyl (C=O) groups excluding carboxylic acids is 2. The summed E-state index contributed by atoms with van der Waals surface area (Å²) in [4.78, 5) is 30.3. The maximum Gasteiger partial charge on any atom is 0.249 e. The van der Waals surface area contributed by atoms with Gasteiger partial charge in [0, 0.05) is 25.1 Å². The molecule has 0 N–H and O–H groups in total. The third kappa shape index (κ3) is 5.40. The summed E-state index contributed by atoms with van der Waals surface area (Å²) in [6.45, 7) is 5.64. The number of fused-ring (bicyclic) bond motifs is 1. The number of benzene rings is 1. The Morgan fingerprint density at radius 3 is 2.70 bits per heavy atom. The molecule has 1 aromatic heterocycles. The van der Waals surface area contributed by atoms with Crippen LogP contribution in [0.25, 0.3) is 0 Å². The normalized spacial score (nSPS) is 15.6. The number of aryl methyl sites for hydroxylation is 1. The highest BCUT2D eigenvalue weighted by molar-refractivity contribution is 7.10. The van der Waals surface area contributed by atoms with Gasteiger partial charge in [-0.3, -0.25) is 9.59 Å². The van der Waals surface area contributed by atoms with E-state index in [1.165, 1.54) is 17.6 Å². The molecular weight excluding hydrogens is 400 g/mol. The molecule has 0 fully saturated rings. The molecule has 0 spiro atoms. The first-order valence-corrected chi connectivity index (χ1v) is 11.2. The second-order valence-electron chi connectivity index (χ2n) is 7.52. The van der Waals surface area contributed by atoms with Gasteiger partial charge < -0.3 is 19.3 Å². The molecule has 0 bridgehead atoms. The zero-order valence-corrected chi connectivity index (χ0v) is 18.7. The Hall–Kier alpha value is -2.38. The summed E-state index contributed by atoms with van der Waals surface area (Å²) in [5.74, 6) is 0.578. The van der Waals surface area contributed by atoms with Gasteiger partial charge in [-0.05, 0) is 48.9 Å². The minimum atomic E-state index is -0.159. The number of hydrogen-bond donors (Lipinski definition) is 0. The van der Waals surface area contributed by atoms with Crippen molar-refractivity contribution in [2.24, 2.45) is 0 Å². The summed E-state index contributed by atoms with van der Waals surface area (Å²) in [7, 11) is 1.49. The zero-order chi connectivity index (χ0) is 21.5. The molecule has 1 aliphatic heterocycles. The van der Waals surface area contributed by atoms with Crippen LogP contribution in [0.15, 0.2) is 35.7 Å². The maximum atomic E-state index is 13.2. The standard InChI is InChI=1S/C23H30N2O4S/c1-4-11-24(23(27)16-28-3)14-22(26)25-12-9-21-19(10-13-30-21)20(25)15-29-18-7-5-17(2)6-8-18/h5-8,10,13,20H,4,9,11-12,14-16H2,1-3H3/t20-/m0/s1. The molecule has 162 valence electrons. The van der Waals surface area contributed by atoms with Gasteiger partial charge in [0.15, 0.2) is 0 Å². The monoisotopic (exact) mass is 430 g/mol. The molecular formula is C23H30N2O4S. The van der Waals surface area contributed by atoms with E-state index in [2.05, 4.69) is 11.4 Å². The highest BCUT2D eigenvalue weighted by Gasteiger charge is 2.33. The second-order valence-corrected chi connectivity index (χ2v) is 8.53. The number of nitrogens with zero attached hydrogens (tertiary/aromatic N) is 2.